The minimum absolute atomic E-state index is 0. The number of carbonyl (C=O) groups is 1. The fourth-order valence-electron chi connectivity index (χ4n) is 3.12. The molecule has 0 N–H and O–H groups in total. The molecule has 0 saturated carbocycles. The largest absolute Gasteiger partial charge is 2.00 e. The Balaban J connectivity index is -0.000000245. The summed E-state index contributed by atoms with van der Waals surface area (Å²) >= 11 is 0. The minimum atomic E-state index is 0. The third-order valence-corrected chi connectivity index (χ3v) is 5.14. The van der Waals surface area contributed by atoms with Crippen molar-refractivity contribution in [1.29, 1.82) is 0 Å². The first-order valence-corrected chi connectivity index (χ1v) is 14.0. The number of carbonyl (C=O) groups excluding carboxylic acids is 1. The second-order valence-electron chi connectivity index (χ2n) is 9.14. The number of hydrogen-bond donors (Lipinski definition) is 0. The first-order valence-electron chi connectivity index (χ1n) is 14.0. The minimum Gasteiger partial charge on any atom is -0.455 e. The van der Waals surface area contributed by atoms with Gasteiger partial charge < -0.3 is 11.2 Å². The van der Waals surface area contributed by atoms with E-state index in [1.54, 1.807) is 0 Å². The standard InChI is InChI=1S/C16H28.C13H16O2.C3H8.C2H6.U/c1-6-9-15(4)12-8-13-16(5)11-7-10-14(2)3;1-4-5-6-12-7-10(2)11(3)13(8-12)15-9-14;1-3-2;1-2;/h9-10,13H,6-8,11-12H2,1-5H3;4,8-9H,5-6H2,1-3H3;3H2,1-2H3;1-2H3;/q;-2;;;+2/b15-9+,16-13+;;;;. The van der Waals surface area contributed by atoms with Crippen molar-refractivity contribution in [1.82, 2.24) is 0 Å². The van der Waals surface area contributed by atoms with E-state index in [0.717, 1.165) is 36.0 Å². The molecule has 0 fully saturated rings. The predicted molar refractivity (Wildman–Crippen MR) is 163 cm³/mol. The van der Waals surface area contributed by atoms with Crippen LogP contribution in [0, 0.1) is 57.4 Å². The van der Waals surface area contributed by atoms with Gasteiger partial charge in [0.15, 0.2) is 0 Å². The molecule has 0 saturated heterocycles. The van der Waals surface area contributed by atoms with Crippen LogP contribution in [0.1, 0.15) is 131 Å². The monoisotopic (exact) mass is 736 g/mol. The second kappa shape index (κ2) is 31.2. The maximum atomic E-state index is 10.3. The summed E-state index contributed by atoms with van der Waals surface area (Å²) < 4.78 is 4.93. The van der Waals surface area contributed by atoms with Gasteiger partial charge in [-0.25, -0.2) is 0 Å². The molecule has 0 aliphatic heterocycles. The van der Waals surface area contributed by atoms with Gasteiger partial charge in [0.2, 0.25) is 0 Å². The fraction of sp³-hybridized carbons (Fsp3) is 0.588. The quantitative estimate of drug-likeness (QED) is 0.121. The number of allylic oxidation sites excluding steroid dienone is 6. The summed E-state index contributed by atoms with van der Waals surface area (Å²) in [5.41, 5.74) is 7.59. The third kappa shape index (κ3) is 27.8. The number of unbranched alkanes of at least 4 members (excludes halogenated alkanes) is 1. The Morgan fingerprint density at radius 3 is 1.92 bits per heavy atom. The molecular weight excluding hydrogens is 678 g/mol. The maximum Gasteiger partial charge on any atom is 2.00 e. The van der Waals surface area contributed by atoms with Crippen molar-refractivity contribution in [3.63, 3.8) is 0 Å². The Labute approximate surface area is 256 Å². The molecule has 0 unspecified atom stereocenters. The molecule has 210 valence electrons. The van der Waals surface area contributed by atoms with Crippen molar-refractivity contribution in [2.45, 2.75) is 134 Å². The molecular formula is C34H58O2U. The van der Waals surface area contributed by atoms with Gasteiger partial charge in [0.1, 0.15) is 0 Å². The van der Waals surface area contributed by atoms with Crippen LogP contribution in [0.4, 0.5) is 0 Å². The molecule has 1 rings (SSSR count). The molecule has 0 atom stereocenters. The van der Waals surface area contributed by atoms with Crippen molar-refractivity contribution in [3.8, 4) is 5.75 Å². The fourth-order valence-corrected chi connectivity index (χ4v) is 3.12. The van der Waals surface area contributed by atoms with Crippen LogP contribution in [-0.2, 0) is 11.2 Å². The summed E-state index contributed by atoms with van der Waals surface area (Å²) in [5.74, 6) is 0.646. The molecule has 2 nitrogen and oxygen atoms in total. The summed E-state index contributed by atoms with van der Waals surface area (Å²) in [7, 11) is 0. The van der Waals surface area contributed by atoms with E-state index in [0.29, 0.717) is 12.2 Å². The van der Waals surface area contributed by atoms with E-state index < -0.39 is 0 Å². The van der Waals surface area contributed by atoms with Crippen LogP contribution in [0.15, 0.2) is 41.0 Å². The topological polar surface area (TPSA) is 26.3 Å². The van der Waals surface area contributed by atoms with E-state index in [-0.39, 0.29) is 31.1 Å². The number of benzene rings is 1. The molecule has 0 spiro atoms. The summed E-state index contributed by atoms with van der Waals surface area (Å²) in [6, 6.07) is 5.18. The van der Waals surface area contributed by atoms with E-state index in [9.17, 15) is 4.79 Å². The van der Waals surface area contributed by atoms with Crippen LogP contribution in [0.5, 0.6) is 5.75 Å². The van der Waals surface area contributed by atoms with Gasteiger partial charge in [-0.3, -0.25) is 4.79 Å². The normalized spacial score (nSPS) is 10.3. The molecule has 0 aliphatic carbocycles. The summed E-state index contributed by atoms with van der Waals surface area (Å²) in [6.07, 6.45) is 18.3. The van der Waals surface area contributed by atoms with Crippen LogP contribution in [0.2, 0.25) is 0 Å². The smallest absolute Gasteiger partial charge is 0.455 e. The number of ether oxygens (including phenoxy) is 1. The average Bonchev–Trinajstić information content (AvgIpc) is 2.83. The average molecular weight is 737 g/mol. The first-order chi connectivity index (χ1) is 17.2. The van der Waals surface area contributed by atoms with Gasteiger partial charge in [0.05, 0.1) is 0 Å². The number of aryl methyl sites for hydroxylation is 2. The number of rotatable bonds is 12. The van der Waals surface area contributed by atoms with Crippen LogP contribution in [0.3, 0.4) is 0 Å². The van der Waals surface area contributed by atoms with Crippen LogP contribution in [0.25, 0.3) is 0 Å². The van der Waals surface area contributed by atoms with Crippen LogP contribution < -0.4 is 4.74 Å². The van der Waals surface area contributed by atoms with E-state index in [2.05, 4.69) is 79.2 Å². The molecule has 0 amide bonds. The van der Waals surface area contributed by atoms with Gasteiger partial charge in [0, 0.05) is 5.75 Å². The molecule has 1 aromatic carbocycles. The van der Waals surface area contributed by atoms with E-state index in [4.69, 9.17) is 4.74 Å². The molecule has 0 radical (unpaired) electrons. The Morgan fingerprint density at radius 2 is 1.46 bits per heavy atom. The zero-order chi connectivity index (χ0) is 28.4. The zero-order valence-corrected chi connectivity index (χ0v) is 30.6. The Kier molecular flexibility index (Phi) is 36.3. The van der Waals surface area contributed by atoms with E-state index >= 15 is 0 Å². The SMILES string of the molecule is CC.CC/C=C(\C)CC/C=C(\C)CCC=C(C)C.CCC.C[CH-]CCc1[c-]c(C)c(C)c(OC=O)c1.[U+2]. The zero-order valence-electron chi connectivity index (χ0n) is 26.4. The molecule has 0 aliphatic rings. The van der Waals surface area contributed by atoms with Crippen molar-refractivity contribution < 1.29 is 40.6 Å². The third-order valence-electron chi connectivity index (χ3n) is 5.14. The van der Waals surface area contributed by atoms with Gasteiger partial charge in [-0.2, -0.15) is 30.5 Å². The molecule has 0 aromatic heterocycles. The predicted octanol–water partition coefficient (Wildman–Crippen LogP) is 11.1. The van der Waals surface area contributed by atoms with Crippen molar-refractivity contribution >= 4 is 6.47 Å². The molecule has 0 heterocycles. The van der Waals surface area contributed by atoms with E-state index in [1.165, 1.54) is 48.8 Å². The van der Waals surface area contributed by atoms with Crippen molar-refractivity contribution in [2.75, 3.05) is 0 Å². The second-order valence-corrected chi connectivity index (χ2v) is 9.14. The Bertz CT molecular complexity index is 753. The van der Waals surface area contributed by atoms with Gasteiger partial charge in [0.25, 0.3) is 6.47 Å². The van der Waals surface area contributed by atoms with Crippen molar-refractivity contribution in [2.24, 2.45) is 0 Å². The van der Waals surface area contributed by atoms with Gasteiger partial charge in [-0.15, -0.1) is 11.6 Å². The maximum absolute atomic E-state index is 10.3. The van der Waals surface area contributed by atoms with Crippen molar-refractivity contribution in [3.05, 3.63) is 70.2 Å². The summed E-state index contributed by atoms with van der Waals surface area (Å²) in [4.78, 5) is 10.3. The Morgan fingerprint density at radius 1 is 0.946 bits per heavy atom. The molecule has 1 aromatic rings. The van der Waals surface area contributed by atoms with Gasteiger partial charge >= 0.3 is 31.1 Å². The first kappa shape index (κ1) is 43.0. The molecule has 0 bridgehead atoms. The molecule has 37 heavy (non-hydrogen) atoms. The van der Waals surface area contributed by atoms with E-state index in [1.807, 2.05) is 40.7 Å². The molecule has 3 heteroatoms. The summed E-state index contributed by atoms with van der Waals surface area (Å²) in [5, 5.41) is 0. The number of hydrogen-bond acceptors (Lipinski definition) is 2. The van der Waals surface area contributed by atoms with Gasteiger partial charge in [-0.1, -0.05) is 96.3 Å². The van der Waals surface area contributed by atoms with Gasteiger partial charge in [-0.05, 0) is 59.8 Å². The summed E-state index contributed by atoms with van der Waals surface area (Å²) in [6.45, 7) is 25.7. The van der Waals surface area contributed by atoms with Crippen LogP contribution in [-0.4, -0.2) is 6.47 Å². The van der Waals surface area contributed by atoms with Crippen LogP contribution >= 0.6 is 0 Å². The Hall–Kier alpha value is -1.04.